The maximum absolute atomic E-state index is 12.9. The smallest absolute Gasteiger partial charge is 0.407 e. The van der Waals surface area contributed by atoms with E-state index in [1.54, 1.807) is 59.7 Å². The molecular formula is C28H26ClN9O3. The van der Waals surface area contributed by atoms with Crippen molar-refractivity contribution in [2.75, 3.05) is 24.1 Å². The van der Waals surface area contributed by atoms with Gasteiger partial charge in [0.05, 0.1) is 28.2 Å². The van der Waals surface area contributed by atoms with Gasteiger partial charge in [-0.1, -0.05) is 23.7 Å². The summed E-state index contributed by atoms with van der Waals surface area (Å²) in [7, 11) is 1.82. The normalized spacial score (nSPS) is 15.3. The molecule has 1 unspecified atom stereocenters. The molecule has 1 atom stereocenters. The van der Waals surface area contributed by atoms with E-state index in [0.29, 0.717) is 51.5 Å². The summed E-state index contributed by atoms with van der Waals surface area (Å²) >= 11 is 6.78. The molecule has 1 fully saturated rings. The summed E-state index contributed by atoms with van der Waals surface area (Å²) in [4.78, 5) is 34.7. The Hall–Kier alpha value is -4.97. The van der Waals surface area contributed by atoms with Gasteiger partial charge in [-0.05, 0) is 37.1 Å². The third kappa shape index (κ3) is 4.93. The maximum Gasteiger partial charge on any atom is 0.407 e. The van der Waals surface area contributed by atoms with Crippen LogP contribution in [-0.2, 0) is 7.05 Å². The first kappa shape index (κ1) is 26.3. The Morgan fingerprint density at radius 2 is 2.00 bits per heavy atom. The number of carboxylic acid groups (broad SMARTS) is 1. The maximum atomic E-state index is 12.9. The molecule has 2 amide bonds. The van der Waals surface area contributed by atoms with Crippen molar-refractivity contribution in [1.29, 1.82) is 0 Å². The van der Waals surface area contributed by atoms with Gasteiger partial charge in [-0.25, -0.2) is 14.8 Å². The van der Waals surface area contributed by atoms with Crippen LogP contribution in [0.25, 0.3) is 33.3 Å². The second kappa shape index (κ2) is 10.5. The summed E-state index contributed by atoms with van der Waals surface area (Å²) in [5.41, 5.74) is 10.2. The number of rotatable bonds is 5. The van der Waals surface area contributed by atoms with E-state index in [2.05, 4.69) is 20.4 Å². The standard InChI is InChI=1S/C28H26ClN9O3/c1-36-14-17(12-33-36)20-13-32-26(30)23-24(35-38(25(20)23)18-5-4-10-37(15-18)28(40)41)19-8-7-16(11-21(19)29)27(39)34-22-6-2-3-9-31-22/h2-3,6-9,11-14,18H,4-5,10,15H2,1H3,(H2,30,32)(H,40,41)(H,31,34,39). The van der Waals surface area contributed by atoms with Crippen molar-refractivity contribution in [2.45, 2.75) is 18.9 Å². The van der Waals surface area contributed by atoms with Crippen LogP contribution in [0.4, 0.5) is 16.4 Å². The number of likely N-dealkylation sites (tertiary alicyclic amines) is 1. The Kier molecular flexibility index (Phi) is 6.75. The first-order valence-corrected chi connectivity index (χ1v) is 13.3. The fraction of sp³-hybridized carbons (Fsp3) is 0.214. The summed E-state index contributed by atoms with van der Waals surface area (Å²) < 4.78 is 3.54. The van der Waals surface area contributed by atoms with Gasteiger partial charge in [-0.2, -0.15) is 10.2 Å². The number of nitrogens with two attached hydrogens (primary N) is 1. The quantitative estimate of drug-likeness (QED) is 0.274. The molecule has 0 radical (unpaired) electrons. The van der Waals surface area contributed by atoms with Crippen LogP contribution >= 0.6 is 11.6 Å². The van der Waals surface area contributed by atoms with Gasteiger partial charge >= 0.3 is 6.09 Å². The highest BCUT2D eigenvalue weighted by atomic mass is 35.5. The van der Waals surface area contributed by atoms with Crippen molar-refractivity contribution in [3.8, 4) is 22.4 Å². The zero-order valence-electron chi connectivity index (χ0n) is 22.0. The van der Waals surface area contributed by atoms with Crippen LogP contribution in [0.3, 0.4) is 0 Å². The molecular weight excluding hydrogens is 546 g/mol. The number of benzene rings is 1. The highest BCUT2D eigenvalue weighted by Crippen LogP contribution is 2.41. The number of nitrogens with one attached hydrogen (secondary N) is 1. The SMILES string of the molecule is Cn1cc(-c2cnc(N)c3c(-c4ccc(C(=O)Nc5ccccn5)cc4Cl)nn(C4CCCN(C(=O)O)C4)c23)cn1. The average Bonchev–Trinajstić information content (AvgIpc) is 3.58. The van der Waals surface area contributed by atoms with Gasteiger partial charge in [0.15, 0.2) is 0 Å². The lowest BCUT2D eigenvalue weighted by molar-refractivity contribution is 0.102. The molecule has 5 heterocycles. The number of hydrogen-bond acceptors (Lipinski definition) is 7. The number of fused-ring (bicyclic) bond motifs is 1. The summed E-state index contributed by atoms with van der Waals surface area (Å²) in [6.07, 6.45) is 7.33. The third-order valence-electron chi connectivity index (χ3n) is 7.18. The second-order valence-corrected chi connectivity index (χ2v) is 10.3. The molecule has 0 aliphatic carbocycles. The monoisotopic (exact) mass is 571 g/mol. The minimum absolute atomic E-state index is 0.240. The Morgan fingerprint density at radius 1 is 1.15 bits per heavy atom. The molecule has 5 aromatic rings. The Bertz CT molecular complexity index is 1780. The predicted molar refractivity (Wildman–Crippen MR) is 155 cm³/mol. The van der Waals surface area contributed by atoms with Crippen LogP contribution in [0, 0.1) is 0 Å². The molecule has 208 valence electrons. The Labute approximate surface area is 239 Å². The summed E-state index contributed by atoms with van der Waals surface area (Å²) in [6, 6.07) is 9.95. The van der Waals surface area contributed by atoms with Crippen LogP contribution in [0.1, 0.15) is 29.2 Å². The van der Waals surface area contributed by atoms with Crippen molar-refractivity contribution in [3.63, 3.8) is 0 Å². The molecule has 1 saturated heterocycles. The molecule has 1 aromatic carbocycles. The first-order chi connectivity index (χ1) is 19.8. The van der Waals surface area contributed by atoms with Crippen molar-refractivity contribution < 1.29 is 14.7 Å². The van der Waals surface area contributed by atoms with Gasteiger partial charge in [0.1, 0.15) is 17.3 Å². The zero-order valence-corrected chi connectivity index (χ0v) is 22.8. The lowest BCUT2D eigenvalue weighted by Gasteiger charge is -2.31. The van der Waals surface area contributed by atoms with Crippen molar-refractivity contribution in [3.05, 3.63) is 71.8 Å². The average molecular weight is 572 g/mol. The van der Waals surface area contributed by atoms with Gasteiger partial charge in [0, 0.05) is 61.0 Å². The zero-order chi connectivity index (χ0) is 28.7. The summed E-state index contributed by atoms with van der Waals surface area (Å²) in [6.45, 7) is 0.742. The molecule has 41 heavy (non-hydrogen) atoms. The van der Waals surface area contributed by atoms with Crippen LogP contribution in [0.2, 0.25) is 5.02 Å². The van der Waals surface area contributed by atoms with Gasteiger partial charge in [-0.3, -0.25) is 14.2 Å². The van der Waals surface area contributed by atoms with E-state index >= 15 is 0 Å². The molecule has 0 saturated carbocycles. The fourth-order valence-corrected chi connectivity index (χ4v) is 5.49. The third-order valence-corrected chi connectivity index (χ3v) is 7.49. The number of aryl methyl sites for hydroxylation is 1. The predicted octanol–water partition coefficient (Wildman–Crippen LogP) is 4.70. The fourth-order valence-electron chi connectivity index (χ4n) is 5.22. The van der Waals surface area contributed by atoms with Crippen LogP contribution in [-0.4, -0.2) is 64.6 Å². The van der Waals surface area contributed by atoms with Crippen LogP contribution in [0.5, 0.6) is 0 Å². The number of halogens is 1. The number of amides is 2. The molecule has 13 heteroatoms. The molecule has 1 aliphatic heterocycles. The number of carbonyl (C=O) groups excluding carboxylic acids is 1. The first-order valence-electron chi connectivity index (χ1n) is 13.0. The molecule has 4 N–H and O–H groups in total. The van der Waals surface area contributed by atoms with E-state index in [-0.39, 0.29) is 24.3 Å². The van der Waals surface area contributed by atoms with Gasteiger partial charge in [0.2, 0.25) is 0 Å². The lowest BCUT2D eigenvalue weighted by Crippen LogP contribution is -2.40. The van der Waals surface area contributed by atoms with Crippen LogP contribution in [0.15, 0.2) is 61.2 Å². The van der Waals surface area contributed by atoms with Crippen molar-refractivity contribution in [1.82, 2.24) is 34.4 Å². The number of pyridine rings is 2. The highest BCUT2D eigenvalue weighted by molar-refractivity contribution is 6.34. The Balaban J connectivity index is 1.48. The van der Waals surface area contributed by atoms with Crippen molar-refractivity contribution in [2.24, 2.45) is 7.05 Å². The van der Waals surface area contributed by atoms with Crippen LogP contribution < -0.4 is 11.1 Å². The van der Waals surface area contributed by atoms with Gasteiger partial charge < -0.3 is 21.1 Å². The number of hydrogen-bond donors (Lipinski definition) is 3. The van der Waals surface area contributed by atoms with E-state index in [4.69, 9.17) is 22.4 Å². The van der Waals surface area contributed by atoms with E-state index < -0.39 is 6.09 Å². The number of piperidine rings is 1. The summed E-state index contributed by atoms with van der Waals surface area (Å²) in [5, 5.41) is 22.6. The minimum Gasteiger partial charge on any atom is -0.465 e. The summed E-state index contributed by atoms with van der Waals surface area (Å²) in [5.74, 6) is 0.323. The number of nitrogen functional groups attached to an aromatic ring is 1. The van der Waals surface area contributed by atoms with E-state index in [9.17, 15) is 14.7 Å². The Morgan fingerprint density at radius 3 is 2.71 bits per heavy atom. The molecule has 0 spiro atoms. The minimum atomic E-state index is -0.970. The number of carbonyl (C=O) groups is 2. The van der Waals surface area contributed by atoms with E-state index in [0.717, 1.165) is 17.5 Å². The second-order valence-electron chi connectivity index (χ2n) is 9.86. The van der Waals surface area contributed by atoms with Crippen molar-refractivity contribution >= 4 is 46.1 Å². The molecule has 0 bridgehead atoms. The number of anilines is 2. The topological polar surface area (TPSA) is 157 Å². The number of aromatic nitrogens is 6. The highest BCUT2D eigenvalue weighted by Gasteiger charge is 2.30. The van der Waals surface area contributed by atoms with Gasteiger partial charge in [-0.15, -0.1) is 0 Å². The molecule has 4 aromatic heterocycles. The number of nitrogens with zero attached hydrogens (tertiary/aromatic N) is 7. The largest absolute Gasteiger partial charge is 0.465 e. The van der Waals surface area contributed by atoms with E-state index in [1.807, 2.05) is 17.9 Å². The molecule has 12 nitrogen and oxygen atoms in total. The van der Waals surface area contributed by atoms with E-state index in [1.165, 1.54) is 4.90 Å². The molecule has 1 aliphatic rings. The molecule has 6 rings (SSSR count). The lowest BCUT2D eigenvalue weighted by atomic mass is 10.0. The van der Waals surface area contributed by atoms with Gasteiger partial charge in [0.25, 0.3) is 5.91 Å².